The van der Waals surface area contributed by atoms with Crippen molar-refractivity contribution in [1.29, 1.82) is 0 Å². The molecule has 2 aliphatic heterocycles. The van der Waals surface area contributed by atoms with E-state index in [1.165, 1.54) is 30.3 Å². The molecule has 8 heteroatoms. The maximum Gasteiger partial charge on any atom is 0.417 e. The van der Waals surface area contributed by atoms with E-state index in [4.69, 9.17) is 9.47 Å². The number of benzene rings is 2. The average Bonchev–Trinajstić information content (AvgIpc) is 2.92. The van der Waals surface area contributed by atoms with Crippen LogP contribution in [0.25, 0.3) is 0 Å². The van der Waals surface area contributed by atoms with Gasteiger partial charge in [0.2, 0.25) is 0 Å². The van der Waals surface area contributed by atoms with Crippen molar-refractivity contribution < 1.29 is 32.2 Å². The van der Waals surface area contributed by atoms with Gasteiger partial charge in [0.05, 0.1) is 24.5 Å². The summed E-state index contributed by atoms with van der Waals surface area (Å²) >= 11 is 0. The molecule has 0 saturated carbocycles. The first-order chi connectivity index (χ1) is 12.8. The molecule has 140 valence electrons. The minimum atomic E-state index is -4.66. The largest absolute Gasteiger partial charge is 0.417 e. The lowest BCUT2D eigenvalue weighted by molar-refractivity contribution is -0.255. The molecule has 0 aliphatic carbocycles. The lowest BCUT2D eigenvalue weighted by atomic mass is 9.95. The zero-order chi connectivity index (χ0) is 19.2. The van der Waals surface area contributed by atoms with Crippen molar-refractivity contribution in [3.63, 3.8) is 0 Å². The van der Waals surface area contributed by atoms with Crippen LogP contribution in [0.5, 0.6) is 0 Å². The van der Waals surface area contributed by atoms with Gasteiger partial charge < -0.3 is 14.8 Å². The fraction of sp³-hybridized carbons (Fsp3) is 0.263. The Hall–Kier alpha value is -2.71. The molecule has 0 bridgehead atoms. The third-order valence-electron chi connectivity index (χ3n) is 4.56. The number of rotatable bonds is 2. The molecule has 2 heterocycles. The van der Waals surface area contributed by atoms with Crippen LogP contribution in [-0.4, -0.2) is 24.9 Å². The number of ether oxygens (including phenoxy) is 2. The molecule has 1 saturated heterocycles. The van der Waals surface area contributed by atoms with Gasteiger partial charge in [-0.05, 0) is 30.7 Å². The van der Waals surface area contributed by atoms with Crippen molar-refractivity contribution >= 4 is 17.4 Å². The van der Waals surface area contributed by atoms with Crippen molar-refractivity contribution in [2.45, 2.75) is 18.4 Å². The van der Waals surface area contributed by atoms with E-state index in [9.17, 15) is 22.8 Å². The number of hydrogen-bond acceptors (Lipinski definition) is 4. The Bertz CT molecular complexity index is 933. The molecular formula is C19H14F3NO4. The second-order valence-electron chi connectivity index (χ2n) is 6.25. The Balaban J connectivity index is 1.78. The fourth-order valence-corrected chi connectivity index (χ4v) is 3.30. The van der Waals surface area contributed by atoms with Crippen LogP contribution in [0.4, 0.5) is 18.9 Å². The van der Waals surface area contributed by atoms with E-state index in [1.807, 2.05) is 0 Å². The van der Waals surface area contributed by atoms with E-state index in [0.29, 0.717) is 30.9 Å². The number of alkyl halides is 3. The molecule has 1 fully saturated rings. The van der Waals surface area contributed by atoms with Crippen molar-refractivity contribution in [3.8, 4) is 0 Å². The number of amides is 1. The number of carbonyl (C=O) groups is 2. The molecule has 0 atom stereocenters. The van der Waals surface area contributed by atoms with Gasteiger partial charge in [0, 0.05) is 16.7 Å². The van der Waals surface area contributed by atoms with Gasteiger partial charge in [-0.25, -0.2) is 0 Å². The van der Waals surface area contributed by atoms with Crippen LogP contribution in [-0.2, 0) is 26.2 Å². The lowest BCUT2D eigenvalue weighted by Gasteiger charge is -2.31. The van der Waals surface area contributed by atoms with Gasteiger partial charge in [-0.1, -0.05) is 18.2 Å². The summed E-state index contributed by atoms with van der Waals surface area (Å²) < 4.78 is 50.8. The van der Waals surface area contributed by atoms with Crippen LogP contribution in [0.2, 0.25) is 0 Å². The highest BCUT2D eigenvalue weighted by atomic mass is 19.4. The summed E-state index contributed by atoms with van der Waals surface area (Å²) in [6, 6.07) is 8.78. The Morgan fingerprint density at radius 3 is 2.48 bits per heavy atom. The molecule has 4 rings (SSSR count). The predicted molar refractivity (Wildman–Crippen MR) is 88.1 cm³/mol. The van der Waals surface area contributed by atoms with Gasteiger partial charge in [-0.3, -0.25) is 9.59 Å². The lowest BCUT2D eigenvalue weighted by Crippen LogP contribution is -2.43. The molecule has 0 unspecified atom stereocenters. The van der Waals surface area contributed by atoms with Crippen LogP contribution < -0.4 is 5.32 Å². The summed E-state index contributed by atoms with van der Waals surface area (Å²) in [4.78, 5) is 25.1. The Morgan fingerprint density at radius 2 is 1.78 bits per heavy atom. The first-order valence-electron chi connectivity index (χ1n) is 8.28. The van der Waals surface area contributed by atoms with E-state index < -0.39 is 34.8 Å². The summed E-state index contributed by atoms with van der Waals surface area (Å²) in [5.41, 5.74) is -0.754. The SMILES string of the molecule is O=C(c1ccc2c(c1)C1(OCCCO1)C(=O)N2)c1ccccc1C(F)(F)F. The van der Waals surface area contributed by atoms with Crippen LogP contribution in [0, 0.1) is 0 Å². The zero-order valence-corrected chi connectivity index (χ0v) is 13.9. The predicted octanol–water partition coefficient (Wildman–Crippen LogP) is 3.48. The standard InChI is InChI=1S/C19H14F3NO4/c20-19(21,22)13-5-2-1-4-12(13)16(24)11-6-7-15-14(10-11)18(17(25)23-15)26-8-3-9-27-18/h1-2,4-7,10H,3,8-9H2,(H,23,25). The minimum Gasteiger partial charge on any atom is -0.338 e. The second kappa shape index (κ2) is 6.17. The Morgan fingerprint density at radius 1 is 1.07 bits per heavy atom. The third-order valence-corrected chi connectivity index (χ3v) is 4.56. The quantitative estimate of drug-likeness (QED) is 0.814. The molecular weight excluding hydrogens is 363 g/mol. The fourth-order valence-electron chi connectivity index (χ4n) is 3.30. The van der Waals surface area contributed by atoms with E-state index in [2.05, 4.69) is 5.32 Å². The van der Waals surface area contributed by atoms with Crippen LogP contribution in [0.15, 0.2) is 42.5 Å². The maximum atomic E-state index is 13.2. The van der Waals surface area contributed by atoms with Crippen molar-refractivity contribution in [2.75, 3.05) is 18.5 Å². The van der Waals surface area contributed by atoms with Crippen molar-refractivity contribution in [3.05, 3.63) is 64.7 Å². The number of anilines is 1. The monoisotopic (exact) mass is 377 g/mol. The second-order valence-corrected chi connectivity index (χ2v) is 6.25. The van der Waals surface area contributed by atoms with Gasteiger partial charge in [0.25, 0.3) is 11.7 Å². The highest BCUT2D eigenvalue weighted by molar-refractivity contribution is 6.12. The van der Waals surface area contributed by atoms with E-state index in [-0.39, 0.29) is 5.56 Å². The summed E-state index contributed by atoms with van der Waals surface area (Å²) in [7, 11) is 0. The summed E-state index contributed by atoms with van der Waals surface area (Å²) in [6.45, 7) is 0.587. The van der Waals surface area contributed by atoms with Gasteiger partial charge in [-0.15, -0.1) is 0 Å². The third kappa shape index (κ3) is 2.81. The van der Waals surface area contributed by atoms with E-state index in [0.717, 1.165) is 12.1 Å². The number of halogens is 3. The molecule has 0 radical (unpaired) electrons. The summed E-state index contributed by atoms with van der Waals surface area (Å²) in [5.74, 6) is -2.97. The highest BCUT2D eigenvalue weighted by Gasteiger charge is 2.51. The highest BCUT2D eigenvalue weighted by Crippen LogP contribution is 2.42. The molecule has 2 aliphatic rings. The Kier molecular flexibility index (Phi) is 4.05. The van der Waals surface area contributed by atoms with Crippen molar-refractivity contribution in [1.82, 2.24) is 0 Å². The van der Waals surface area contributed by atoms with E-state index >= 15 is 0 Å². The van der Waals surface area contributed by atoms with Crippen molar-refractivity contribution in [2.24, 2.45) is 0 Å². The number of nitrogens with one attached hydrogen (secondary N) is 1. The van der Waals surface area contributed by atoms with Gasteiger partial charge in [-0.2, -0.15) is 13.2 Å². The molecule has 0 aromatic heterocycles. The molecule has 1 N–H and O–H groups in total. The smallest absolute Gasteiger partial charge is 0.338 e. The Labute approximate surface area is 152 Å². The van der Waals surface area contributed by atoms with Gasteiger partial charge in [0.15, 0.2) is 5.78 Å². The van der Waals surface area contributed by atoms with Crippen LogP contribution in [0.3, 0.4) is 0 Å². The van der Waals surface area contributed by atoms with Gasteiger partial charge >= 0.3 is 6.18 Å². The summed E-state index contributed by atoms with van der Waals surface area (Å²) in [5, 5.41) is 2.62. The number of fused-ring (bicyclic) bond motifs is 2. The van der Waals surface area contributed by atoms with Crippen LogP contribution in [0.1, 0.15) is 33.5 Å². The minimum absolute atomic E-state index is 0.0131. The molecule has 1 spiro atoms. The van der Waals surface area contributed by atoms with Gasteiger partial charge in [0.1, 0.15) is 0 Å². The number of ketones is 1. The molecule has 1 amide bonds. The van der Waals surface area contributed by atoms with E-state index in [1.54, 1.807) is 0 Å². The zero-order valence-electron chi connectivity index (χ0n) is 13.9. The van der Waals surface area contributed by atoms with Crippen LogP contribution >= 0.6 is 0 Å². The molecule has 2 aromatic carbocycles. The summed E-state index contributed by atoms with van der Waals surface area (Å²) in [6.07, 6.45) is -4.04. The topological polar surface area (TPSA) is 64.6 Å². The molecule has 5 nitrogen and oxygen atoms in total. The average molecular weight is 377 g/mol. The first-order valence-corrected chi connectivity index (χ1v) is 8.28. The maximum absolute atomic E-state index is 13.2. The molecule has 27 heavy (non-hydrogen) atoms. The normalized spacial score (nSPS) is 18.3. The number of carbonyl (C=O) groups excluding carboxylic acids is 2. The first kappa shape index (κ1) is 17.7. The number of hydrogen-bond donors (Lipinski definition) is 1. The molecule has 2 aromatic rings.